The Labute approximate surface area is 138 Å². The van der Waals surface area contributed by atoms with Crippen LogP contribution in [0, 0.1) is 28.6 Å². The van der Waals surface area contributed by atoms with E-state index in [1.54, 1.807) is 0 Å². The molecule has 0 aromatic carbocycles. The molecule has 4 rings (SSSR count). The number of hydrogen-bond acceptors (Lipinski definition) is 3. The van der Waals surface area contributed by atoms with Crippen molar-refractivity contribution in [1.29, 1.82) is 0 Å². The second kappa shape index (κ2) is 5.19. The zero-order chi connectivity index (χ0) is 16.2. The molecule has 0 heterocycles. The van der Waals surface area contributed by atoms with Gasteiger partial charge in [0.15, 0.2) is 0 Å². The van der Waals surface area contributed by atoms with Gasteiger partial charge in [-0.05, 0) is 61.7 Å². The standard InChI is InChI=1S/C20H28O3/c1-19-9-7-14(23-12-21)11-13(19)3-4-15-16-5-6-18(22)20(16,2)10-8-17(15)19/h3,12,14-17H,4-11H2,1-2H3/t14?,15-,16-,17-,19-,20-/m0/s1. The monoisotopic (exact) mass is 316 g/mol. The van der Waals surface area contributed by atoms with Gasteiger partial charge in [-0.25, -0.2) is 0 Å². The molecule has 0 saturated heterocycles. The molecular formula is C20H28O3. The van der Waals surface area contributed by atoms with Crippen LogP contribution in [-0.4, -0.2) is 18.4 Å². The number of carbonyl (C=O) groups excluding carboxylic acids is 2. The van der Waals surface area contributed by atoms with E-state index in [0.29, 0.717) is 30.0 Å². The molecule has 0 bridgehead atoms. The Bertz CT molecular complexity index is 565. The van der Waals surface area contributed by atoms with Gasteiger partial charge in [0.05, 0.1) is 0 Å². The first-order chi connectivity index (χ1) is 11.0. The van der Waals surface area contributed by atoms with E-state index in [4.69, 9.17) is 4.74 Å². The quantitative estimate of drug-likeness (QED) is 0.570. The van der Waals surface area contributed by atoms with Gasteiger partial charge in [0.1, 0.15) is 11.9 Å². The van der Waals surface area contributed by atoms with Crippen LogP contribution in [0.15, 0.2) is 11.6 Å². The van der Waals surface area contributed by atoms with Crippen molar-refractivity contribution in [2.75, 3.05) is 0 Å². The summed E-state index contributed by atoms with van der Waals surface area (Å²) in [5.41, 5.74) is 1.74. The van der Waals surface area contributed by atoms with Crippen molar-refractivity contribution in [2.24, 2.45) is 28.6 Å². The fourth-order valence-electron chi connectivity index (χ4n) is 6.59. The average Bonchev–Trinajstić information content (AvgIpc) is 2.84. The van der Waals surface area contributed by atoms with E-state index in [1.807, 2.05) is 0 Å². The molecule has 23 heavy (non-hydrogen) atoms. The summed E-state index contributed by atoms with van der Waals surface area (Å²) in [7, 11) is 0. The van der Waals surface area contributed by atoms with Gasteiger partial charge < -0.3 is 4.74 Å². The molecule has 0 aromatic rings. The predicted molar refractivity (Wildman–Crippen MR) is 87.6 cm³/mol. The molecule has 4 aliphatic carbocycles. The zero-order valence-electron chi connectivity index (χ0n) is 14.3. The number of rotatable bonds is 2. The Kier molecular flexibility index (Phi) is 3.48. The highest BCUT2D eigenvalue weighted by molar-refractivity contribution is 5.87. The predicted octanol–water partition coefficient (Wildman–Crippen LogP) is 4.06. The van der Waals surface area contributed by atoms with Gasteiger partial charge in [-0.1, -0.05) is 25.5 Å². The highest BCUT2D eigenvalue weighted by Gasteiger charge is 2.58. The molecular weight excluding hydrogens is 288 g/mol. The Balaban J connectivity index is 1.63. The molecule has 3 nitrogen and oxygen atoms in total. The van der Waals surface area contributed by atoms with Crippen molar-refractivity contribution in [3.05, 3.63) is 11.6 Å². The van der Waals surface area contributed by atoms with Gasteiger partial charge in [-0.3, -0.25) is 9.59 Å². The van der Waals surface area contributed by atoms with Gasteiger partial charge in [-0.2, -0.15) is 0 Å². The molecule has 0 radical (unpaired) electrons. The van der Waals surface area contributed by atoms with Crippen molar-refractivity contribution in [2.45, 2.75) is 71.3 Å². The molecule has 0 amide bonds. The lowest BCUT2D eigenvalue weighted by atomic mass is 9.48. The number of carbonyl (C=O) groups is 2. The Hall–Kier alpha value is -1.12. The van der Waals surface area contributed by atoms with Crippen LogP contribution in [0.1, 0.15) is 65.2 Å². The highest BCUT2D eigenvalue weighted by atomic mass is 16.5. The summed E-state index contributed by atoms with van der Waals surface area (Å²) in [5, 5.41) is 0. The first kappa shape index (κ1) is 15.4. The normalized spacial score (nSPS) is 48.8. The van der Waals surface area contributed by atoms with E-state index in [2.05, 4.69) is 19.9 Å². The highest BCUT2D eigenvalue weighted by Crippen LogP contribution is 2.64. The van der Waals surface area contributed by atoms with Crippen LogP contribution in [-0.2, 0) is 14.3 Å². The Morgan fingerprint density at radius 3 is 2.65 bits per heavy atom. The number of ether oxygens (including phenoxy) is 1. The van der Waals surface area contributed by atoms with Crippen LogP contribution >= 0.6 is 0 Å². The molecule has 0 N–H and O–H groups in total. The zero-order valence-corrected chi connectivity index (χ0v) is 14.3. The van der Waals surface area contributed by atoms with Gasteiger partial charge in [-0.15, -0.1) is 0 Å². The Morgan fingerprint density at radius 1 is 1.13 bits per heavy atom. The smallest absolute Gasteiger partial charge is 0.293 e. The van der Waals surface area contributed by atoms with E-state index < -0.39 is 0 Å². The van der Waals surface area contributed by atoms with Gasteiger partial charge in [0, 0.05) is 18.3 Å². The number of hydrogen-bond donors (Lipinski definition) is 0. The van der Waals surface area contributed by atoms with Crippen LogP contribution in [0.4, 0.5) is 0 Å². The summed E-state index contributed by atoms with van der Waals surface area (Å²) < 4.78 is 5.25. The number of allylic oxidation sites excluding steroid dienone is 1. The maximum absolute atomic E-state index is 12.4. The van der Waals surface area contributed by atoms with E-state index >= 15 is 0 Å². The minimum Gasteiger partial charge on any atom is -0.464 e. The van der Waals surface area contributed by atoms with Crippen molar-refractivity contribution < 1.29 is 14.3 Å². The fourth-order valence-corrected chi connectivity index (χ4v) is 6.59. The molecule has 3 saturated carbocycles. The second-order valence-electron chi connectivity index (χ2n) is 8.77. The molecule has 4 aliphatic rings. The molecule has 0 spiro atoms. The minimum absolute atomic E-state index is 0.0410. The van der Waals surface area contributed by atoms with Crippen molar-refractivity contribution >= 4 is 12.3 Å². The molecule has 3 heteroatoms. The lowest BCUT2D eigenvalue weighted by molar-refractivity contribution is -0.136. The van der Waals surface area contributed by atoms with Gasteiger partial charge >= 0.3 is 0 Å². The second-order valence-corrected chi connectivity index (χ2v) is 8.77. The van der Waals surface area contributed by atoms with E-state index in [-0.39, 0.29) is 16.9 Å². The summed E-state index contributed by atoms with van der Waals surface area (Å²) >= 11 is 0. The fraction of sp³-hybridized carbons (Fsp3) is 0.800. The molecule has 126 valence electrons. The van der Waals surface area contributed by atoms with Crippen LogP contribution in [0.5, 0.6) is 0 Å². The van der Waals surface area contributed by atoms with Crippen molar-refractivity contribution in [3.63, 3.8) is 0 Å². The lowest BCUT2D eigenvalue weighted by Gasteiger charge is -2.56. The summed E-state index contributed by atoms with van der Waals surface area (Å²) in [6.07, 6.45) is 10.8. The summed E-state index contributed by atoms with van der Waals surface area (Å²) in [6.45, 7) is 5.28. The van der Waals surface area contributed by atoms with Crippen LogP contribution < -0.4 is 0 Å². The third-order valence-corrected chi connectivity index (χ3v) is 8.02. The first-order valence-electron chi connectivity index (χ1n) is 9.31. The summed E-state index contributed by atoms with van der Waals surface area (Å²) in [6, 6.07) is 0. The van der Waals surface area contributed by atoms with E-state index in [0.717, 1.165) is 44.9 Å². The topological polar surface area (TPSA) is 43.4 Å². The lowest BCUT2D eigenvalue weighted by Crippen LogP contribution is -2.50. The first-order valence-corrected chi connectivity index (χ1v) is 9.31. The van der Waals surface area contributed by atoms with Crippen LogP contribution in [0.2, 0.25) is 0 Å². The van der Waals surface area contributed by atoms with Crippen LogP contribution in [0.3, 0.4) is 0 Å². The SMILES string of the molecule is C[C@]12CCC(OC=O)CC1=CC[C@@H]1[C@@H]2CC[C@]2(C)C(=O)CC[C@@H]12. The molecule has 0 aliphatic heterocycles. The maximum atomic E-state index is 12.4. The number of ketones is 1. The van der Waals surface area contributed by atoms with E-state index in [1.165, 1.54) is 12.0 Å². The van der Waals surface area contributed by atoms with Gasteiger partial charge in [0.2, 0.25) is 0 Å². The molecule has 6 atom stereocenters. The van der Waals surface area contributed by atoms with E-state index in [9.17, 15) is 9.59 Å². The van der Waals surface area contributed by atoms with Crippen molar-refractivity contribution in [1.82, 2.24) is 0 Å². The minimum atomic E-state index is -0.0410. The summed E-state index contributed by atoms with van der Waals surface area (Å²) in [5.74, 6) is 2.50. The van der Waals surface area contributed by atoms with Crippen LogP contribution in [0.25, 0.3) is 0 Å². The average molecular weight is 316 g/mol. The number of Topliss-reactive ketones (excluding diaryl/α,β-unsaturated/α-hetero) is 1. The third-order valence-electron chi connectivity index (χ3n) is 8.02. The molecule has 3 fully saturated rings. The van der Waals surface area contributed by atoms with Crippen molar-refractivity contribution in [3.8, 4) is 0 Å². The maximum Gasteiger partial charge on any atom is 0.293 e. The molecule has 1 unspecified atom stereocenters. The molecule has 0 aromatic heterocycles. The third kappa shape index (κ3) is 2.08. The largest absolute Gasteiger partial charge is 0.464 e. The summed E-state index contributed by atoms with van der Waals surface area (Å²) in [4.78, 5) is 23.1. The Morgan fingerprint density at radius 2 is 1.87 bits per heavy atom. The number of fused-ring (bicyclic) bond motifs is 5. The van der Waals surface area contributed by atoms with Gasteiger partial charge in [0.25, 0.3) is 6.47 Å².